The normalized spacial score (nSPS) is 25.2. The predicted octanol–water partition coefficient (Wildman–Crippen LogP) is 2.09. The van der Waals surface area contributed by atoms with E-state index in [4.69, 9.17) is 5.73 Å². The van der Waals surface area contributed by atoms with E-state index in [-0.39, 0.29) is 6.10 Å². The highest BCUT2D eigenvalue weighted by Gasteiger charge is 2.21. The third-order valence-corrected chi connectivity index (χ3v) is 3.66. The average Bonchev–Trinajstić information content (AvgIpc) is 2.73. The van der Waals surface area contributed by atoms with E-state index in [0.29, 0.717) is 6.04 Å². The molecule has 3 N–H and O–H groups in total. The van der Waals surface area contributed by atoms with Gasteiger partial charge in [-0.1, -0.05) is 0 Å². The fraction of sp³-hybridized carbons (Fsp3) is 0.462. The molecule has 0 unspecified atom stereocenters. The van der Waals surface area contributed by atoms with Crippen molar-refractivity contribution < 1.29 is 5.11 Å². The molecule has 1 saturated carbocycles. The Morgan fingerprint density at radius 1 is 1.24 bits per heavy atom. The molecule has 2 aromatic rings. The Kier molecular flexibility index (Phi) is 2.52. The molecule has 3 rings (SSSR count). The minimum absolute atomic E-state index is 0.114. The van der Waals surface area contributed by atoms with Gasteiger partial charge in [0.2, 0.25) is 0 Å². The molecule has 1 aliphatic rings. The van der Waals surface area contributed by atoms with Crippen LogP contribution in [-0.2, 0) is 0 Å². The van der Waals surface area contributed by atoms with Gasteiger partial charge < -0.3 is 15.4 Å². The molecular formula is C13H17N3O. The fourth-order valence-electron chi connectivity index (χ4n) is 2.68. The first-order valence-corrected chi connectivity index (χ1v) is 6.14. The van der Waals surface area contributed by atoms with Crippen molar-refractivity contribution in [3.05, 3.63) is 24.5 Å². The molecule has 1 fully saturated rings. The molecule has 4 nitrogen and oxygen atoms in total. The lowest BCUT2D eigenvalue weighted by Crippen LogP contribution is -2.20. The predicted molar refractivity (Wildman–Crippen MR) is 67.7 cm³/mol. The van der Waals surface area contributed by atoms with Crippen LogP contribution in [0.5, 0.6) is 0 Å². The van der Waals surface area contributed by atoms with E-state index in [1.54, 1.807) is 0 Å². The number of aliphatic hydroxyl groups excluding tert-OH is 1. The van der Waals surface area contributed by atoms with Gasteiger partial charge in [0, 0.05) is 11.7 Å². The fourth-order valence-corrected chi connectivity index (χ4v) is 2.68. The summed E-state index contributed by atoms with van der Waals surface area (Å²) in [5.74, 6) is 0. The highest BCUT2D eigenvalue weighted by Crippen LogP contribution is 2.31. The summed E-state index contributed by atoms with van der Waals surface area (Å²) in [6.45, 7) is 0. The molecule has 1 aliphatic carbocycles. The Labute approximate surface area is 100 Å². The van der Waals surface area contributed by atoms with E-state index < -0.39 is 0 Å². The Hall–Kier alpha value is -1.55. The van der Waals surface area contributed by atoms with Crippen molar-refractivity contribution in [1.29, 1.82) is 0 Å². The summed E-state index contributed by atoms with van der Waals surface area (Å²) in [6, 6.07) is 6.32. The number of anilines is 1. The van der Waals surface area contributed by atoms with Crippen molar-refractivity contribution in [2.75, 3.05) is 5.73 Å². The van der Waals surface area contributed by atoms with Gasteiger partial charge in [-0.3, -0.25) is 0 Å². The molecule has 1 aromatic carbocycles. The number of hydrogen-bond acceptors (Lipinski definition) is 3. The third-order valence-electron chi connectivity index (χ3n) is 3.66. The smallest absolute Gasteiger partial charge is 0.0960 e. The molecule has 0 saturated heterocycles. The number of nitrogens with zero attached hydrogens (tertiary/aromatic N) is 2. The summed E-state index contributed by atoms with van der Waals surface area (Å²) in [6.07, 6.45) is 5.61. The van der Waals surface area contributed by atoms with E-state index in [1.807, 2.05) is 24.5 Å². The topological polar surface area (TPSA) is 64.1 Å². The van der Waals surface area contributed by atoms with E-state index in [1.165, 1.54) is 0 Å². The number of fused-ring (bicyclic) bond motifs is 1. The minimum Gasteiger partial charge on any atom is -0.399 e. The molecule has 0 bridgehead atoms. The molecule has 0 amide bonds. The highest BCUT2D eigenvalue weighted by molar-refractivity contribution is 5.79. The second kappa shape index (κ2) is 4.04. The van der Waals surface area contributed by atoms with Gasteiger partial charge in [0.25, 0.3) is 0 Å². The van der Waals surface area contributed by atoms with Crippen LogP contribution < -0.4 is 5.73 Å². The van der Waals surface area contributed by atoms with Crippen LogP contribution in [0.4, 0.5) is 5.69 Å². The lowest BCUT2D eigenvalue weighted by Gasteiger charge is -2.26. The van der Waals surface area contributed by atoms with Crippen LogP contribution in [0, 0.1) is 0 Å². The molecule has 17 heavy (non-hydrogen) atoms. The maximum Gasteiger partial charge on any atom is 0.0960 e. The summed E-state index contributed by atoms with van der Waals surface area (Å²) in [5, 5.41) is 9.53. The standard InChI is InChI=1S/C13H17N3O/c14-9-1-6-13-12(7-9)15-8-16(13)10-2-4-11(17)5-3-10/h1,6-8,10-11,17H,2-5,14H2. The number of nitrogens with two attached hydrogens (primary N) is 1. The van der Waals surface area contributed by atoms with E-state index in [2.05, 4.69) is 9.55 Å². The van der Waals surface area contributed by atoms with Crippen LogP contribution in [0.15, 0.2) is 24.5 Å². The van der Waals surface area contributed by atoms with Crippen LogP contribution in [0.25, 0.3) is 11.0 Å². The van der Waals surface area contributed by atoms with Crippen LogP contribution in [-0.4, -0.2) is 20.8 Å². The van der Waals surface area contributed by atoms with Crippen molar-refractivity contribution in [3.8, 4) is 0 Å². The van der Waals surface area contributed by atoms with E-state index in [9.17, 15) is 5.11 Å². The van der Waals surface area contributed by atoms with Crippen LogP contribution >= 0.6 is 0 Å². The summed E-state index contributed by atoms with van der Waals surface area (Å²) in [7, 11) is 0. The average molecular weight is 231 g/mol. The zero-order valence-electron chi connectivity index (χ0n) is 9.71. The number of aromatic nitrogens is 2. The molecule has 90 valence electrons. The van der Waals surface area contributed by atoms with Gasteiger partial charge in [-0.25, -0.2) is 4.98 Å². The Morgan fingerprint density at radius 3 is 2.76 bits per heavy atom. The van der Waals surface area contributed by atoms with Gasteiger partial charge in [0.05, 0.1) is 23.5 Å². The number of rotatable bonds is 1. The van der Waals surface area contributed by atoms with Gasteiger partial charge in [-0.05, 0) is 43.9 Å². The molecule has 4 heteroatoms. The molecule has 0 spiro atoms. The third kappa shape index (κ3) is 1.89. The van der Waals surface area contributed by atoms with E-state index in [0.717, 1.165) is 42.4 Å². The Morgan fingerprint density at radius 2 is 2.00 bits per heavy atom. The van der Waals surface area contributed by atoms with Gasteiger partial charge in [-0.2, -0.15) is 0 Å². The Bertz CT molecular complexity index is 526. The summed E-state index contributed by atoms with van der Waals surface area (Å²) in [4.78, 5) is 4.39. The first-order valence-electron chi connectivity index (χ1n) is 6.14. The van der Waals surface area contributed by atoms with Crippen molar-refractivity contribution in [2.24, 2.45) is 0 Å². The second-order valence-corrected chi connectivity index (χ2v) is 4.86. The highest BCUT2D eigenvalue weighted by atomic mass is 16.3. The molecule has 0 aliphatic heterocycles. The van der Waals surface area contributed by atoms with Crippen molar-refractivity contribution >= 4 is 16.7 Å². The van der Waals surface area contributed by atoms with Crippen molar-refractivity contribution in [1.82, 2.24) is 9.55 Å². The molecule has 0 radical (unpaired) electrons. The number of benzene rings is 1. The molecule has 0 atom stereocenters. The summed E-state index contributed by atoms with van der Waals surface area (Å²) in [5.41, 5.74) is 8.59. The van der Waals surface area contributed by atoms with Crippen LogP contribution in [0.3, 0.4) is 0 Å². The van der Waals surface area contributed by atoms with Crippen molar-refractivity contribution in [2.45, 2.75) is 37.8 Å². The first-order chi connectivity index (χ1) is 8.24. The summed E-state index contributed by atoms with van der Waals surface area (Å²) < 4.78 is 2.22. The first kappa shape index (κ1) is 10.6. The molecule has 1 heterocycles. The second-order valence-electron chi connectivity index (χ2n) is 4.86. The molecular weight excluding hydrogens is 214 g/mol. The lowest BCUT2D eigenvalue weighted by molar-refractivity contribution is 0.111. The number of nitrogen functional groups attached to an aromatic ring is 1. The van der Waals surface area contributed by atoms with Crippen LogP contribution in [0.1, 0.15) is 31.7 Å². The maximum atomic E-state index is 9.53. The maximum absolute atomic E-state index is 9.53. The monoisotopic (exact) mass is 231 g/mol. The number of imidazole rings is 1. The zero-order chi connectivity index (χ0) is 11.8. The quantitative estimate of drug-likeness (QED) is 0.739. The van der Waals surface area contributed by atoms with E-state index >= 15 is 0 Å². The number of aliphatic hydroxyl groups is 1. The van der Waals surface area contributed by atoms with Gasteiger partial charge in [0.1, 0.15) is 0 Å². The minimum atomic E-state index is -0.114. The Balaban J connectivity index is 1.95. The van der Waals surface area contributed by atoms with Gasteiger partial charge >= 0.3 is 0 Å². The van der Waals surface area contributed by atoms with Gasteiger partial charge in [-0.15, -0.1) is 0 Å². The summed E-state index contributed by atoms with van der Waals surface area (Å²) >= 11 is 0. The zero-order valence-corrected chi connectivity index (χ0v) is 9.71. The SMILES string of the molecule is Nc1ccc2c(c1)ncn2C1CCC(O)CC1. The lowest BCUT2D eigenvalue weighted by atomic mass is 9.93. The largest absolute Gasteiger partial charge is 0.399 e. The van der Waals surface area contributed by atoms with Crippen LogP contribution in [0.2, 0.25) is 0 Å². The van der Waals surface area contributed by atoms with Crippen molar-refractivity contribution in [3.63, 3.8) is 0 Å². The van der Waals surface area contributed by atoms with Gasteiger partial charge in [0.15, 0.2) is 0 Å². The molecule has 1 aromatic heterocycles. The number of hydrogen-bond donors (Lipinski definition) is 2.